The molecule has 0 spiro atoms. The van der Waals surface area contributed by atoms with Crippen LogP contribution in [0.5, 0.6) is 0 Å². The molecular formula is C12H18N2. The molecule has 14 heavy (non-hydrogen) atoms. The maximum absolute atomic E-state index is 5.57. The van der Waals surface area contributed by atoms with Gasteiger partial charge in [0.2, 0.25) is 0 Å². The summed E-state index contributed by atoms with van der Waals surface area (Å²) < 4.78 is 0. The van der Waals surface area contributed by atoms with Gasteiger partial charge in [-0.05, 0) is 49.9 Å². The smallest absolute Gasteiger partial charge is 0.0377 e. The summed E-state index contributed by atoms with van der Waals surface area (Å²) >= 11 is 0. The fraction of sp³-hybridized carbons (Fsp3) is 0.500. The van der Waals surface area contributed by atoms with Gasteiger partial charge < -0.3 is 11.1 Å². The molecule has 2 nitrogen and oxygen atoms in total. The molecule has 0 saturated heterocycles. The first-order valence-corrected chi connectivity index (χ1v) is 5.36. The highest BCUT2D eigenvalue weighted by atomic mass is 14.9. The lowest BCUT2D eigenvalue weighted by atomic mass is 9.95. The van der Waals surface area contributed by atoms with E-state index in [4.69, 9.17) is 5.73 Å². The molecule has 2 heteroatoms. The van der Waals surface area contributed by atoms with E-state index in [0.717, 1.165) is 13.0 Å². The number of fused-ring (bicyclic) bond motifs is 1. The minimum absolute atomic E-state index is 0.578. The minimum atomic E-state index is 0.578. The van der Waals surface area contributed by atoms with Crippen molar-refractivity contribution in [2.75, 3.05) is 11.9 Å². The highest BCUT2D eigenvalue weighted by Gasteiger charge is 2.16. The van der Waals surface area contributed by atoms with Crippen LogP contribution in [0.25, 0.3) is 0 Å². The van der Waals surface area contributed by atoms with Gasteiger partial charge in [-0.2, -0.15) is 0 Å². The average Bonchev–Trinajstić information content (AvgIpc) is 2.17. The van der Waals surface area contributed by atoms with E-state index in [1.165, 1.54) is 29.7 Å². The van der Waals surface area contributed by atoms with Gasteiger partial charge in [-0.1, -0.05) is 12.1 Å². The Bertz CT molecular complexity index is 320. The van der Waals surface area contributed by atoms with Gasteiger partial charge in [0, 0.05) is 11.7 Å². The minimum Gasteiger partial charge on any atom is -0.382 e. The molecule has 1 unspecified atom stereocenters. The highest BCUT2D eigenvalue weighted by Crippen LogP contribution is 2.26. The summed E-state index contributed by atoms with van der Waals surface area (Å²) in [6.07, 6.45) is 3.48. The second-order valence-electron chi connectivity index (χ2n) is 4.12. The molecule has 0 aliphatic carbocycles. The van der Waals surface area contributed by atoms with Crippen molar-refractivity contribution < 1.29 is 0 Å². The summed E-state index contributed by atoms with van der Waals surface area (Å²) in [5.74, 6) is 0. The van der Waals surface area contributed by atoms with Crippen molar-refractivity contribution in [2.45, 2.75) is 32.2 Å². The second-order valence-corrected chi connectivity index (χ2v) is 4.12. The average molecular weight is 190 g/mol. The molecule has 0 bridgehead atoms. The van der Waals surface area contributed by atoms with Gasteiger partial charge in [-0.3, -0.25) is 0 Å². The number of hydrogen-bond donors (Lipinski definition) is 2. The molecule has 1 aromatic carbocycles. The lowest BCUT2D eigenvalue weighted by Crippen LogP contribution is -2.27. The van der Waals surface area contributed by atoms with Gasteiger partial charge in [-0.15, -0.1) is 0 Å². The third-order valence-corrected chi connectivity index (χ3v) is 2.90. The molecule has 0 fully saturated rings. The van der Waals surface area contributed by atoms with Crippen molar-refractivity contribution in [2.24, 2.45) is 5.73 Å². The molecule has 76 valence electrons. The number of hydrogen-bond acceptors (Lipinski definition) is 2. The number of nitrogens with one attached hydrogen (secondary N) is 1. The predicted molar refractivity (Wildman–Crippen MR) is 60.6 cm³/mol. The Labute approximate surface area is 85.5 Å². The van der Waals surface area contributed by atoms with Crippen molar-refractivity contribution in [1.29, 1.82) is 0 Å². The maximum Gasteiger partial charge on any atom is 0.0377 e. The number of rotatable bonds is 2. The molecular weight excluding hydrogens is 172 g/mol. The van der Waals surface area contributed by atoms with E-state index in [2.05, 4.69) is 30.4 Å². The van der Waals surface area contributed by atoms with Crippen LogP contribution in [0.4, 0.5) is 5.69 Å². The second kappa shape index (κ2) is 4.01. The van der Waals surface area contributed by atoms with Gasteiger partial charge in [0.05, 0.1) is 0 Å². The summed E-state index contributed by atoms with van der Waals surface area (Å²) in [7, 11) is 0. The molecule has 0 radical (unpaired) electrons. The normalized spacial score (nSPS) is 20.0. The van der Waals surface area contributed by atoms with Gasteiger partial charge in [0.15, 0.2) is 0 Å². The van der Waals surface area contributed by atoms with Gasteiger partial charge in [0.25, 0.3) is 0 Å². The first kappa shape index (κ1) is 9.53. The van der Waals surface area contributed by atoms with E-state index in [1.54, 1.807) is 0 Å². The molecule has 3 N–H and O–H groups in total. The molecule has 1 heterocycles. The van der Waals surface area contributed by atoms with E-state index in [1.807, 2.05) is 0 Å². The van der Waals surface area contributed by atoms with E-state index < -0.39 is 0 Å². The summed E-state index contributed by atoms with van der Waals surface area (Å²) in [6, 6.07) is 7.23. The van der Waals surface area contributed by atoms with Crippen LogP contribution in [0.2, 0.25) is 0 Å². The van der Waals surface area contributed by atoms with Crippen molar-refractivity contribution in [3.63, 3.8) is 0 Å². The van der Waals surface area contributed by atoms with Crippen LogP contribution in [0, 0.1) is 6.92 Å². The van der Waals surface area contributed by atoms with Gasteiger partial charge in [0.1, 0.15) is 0 Å². The lowest BCUT2D eigenvalue weighted by Gasteiger charge is -2.27. The lowest BCUT2D eigenvalue weighted by molar-refractivity contribution is 0.593. The summed E-state index contributed by atoms with van der Waals surface area (Å²) in [5.41, 5.74) is 9.66. The fourth-order valence-corrected chi connectivity index (χ4v) is 2.08. The zero-order valence-electron chi connectivity index (χ0n) is 8.72. The molecule has 1 aliphatic heterocycles. The Hall–Kier alpha value is -1.02. The Kier molecular flexibility index (Phi) is 2.73. The van der Waals surface area contributed by atoms with Crippen LogP contribution < -0.4 is 11.1 Å². The first-order chi connectivity index (χ1) is 6.79. The monoisotopic (exact) mass is 190 g/mol. The SMILES string of the molecule is Cc1ccc2c(c1)NC(CCN)CC2. The molecule has 0 aromatic heterocycles. The molecule has 0 saturated carbocycles. The summed E-state index contributed by atoms with van der Waals surface area (Å²) in [5, 5.41) is 3.56. The van der Waals surface area contributed by atoms with Crippen LogP contribution in [0.1, 0.15) is 24.0 Å². The van der Waals surface area contributed by atoms with E-state index >= 15 is 0 Å². The van der Waals surface area contributed by atoms with Crippen molar-refractivity contribution in [3.8, 4) is 0 Å². The van der Waals surface area contributed by atoms with Crippen molar-refractivity contribution in [1.82, 2.24) is 0 Å². The quantitative estimate of drug-likeness (QED) is 0.749. The number of anilines is 1. The standard InChI is InChI=1S/C12H18N2/c1-9-2-3-10-4-5-11(6-7-13)14-12(10)8-9/h2-3,8,11,14H,4-7,13H2,1H3. The van der Waals surface area contributed by atoms with Crippen LogP contribution in [-0.2, 0) is 6.42 Å². The molecule has 1 aromatic rings. The van der Waals surface area contributed by atoms with Crippen molar-refractivity contribution >= 4 is 5.69 Å². The molecule has 2 rings (SSSR count). The van der Waals surface area contributed by atoms with E-state index in [9.17, 15) is 0 Å². The van der Waals surface area contributed by atoms with Crippen LogP contribution in [0.3, 0.4) is 0 Å². The third kappa shape index (κ3) is 1.90. The van der Waals surface area contributed by atoms with Crippen LogP contribution >= 0.6 is 0 Å². The van der Waals surface area contributed by atoms with Gasteiger partial charge in [-0.25, -0.2) is 0 Å². The maximum atomic E-state index is 5.57. The van der Waals surface area contributed by atoms with E-state index in [-0.39, 0.29) is 0 Å². The number of nitrogens with two attached hydrogens (primary N) is 1. The Morgan fingerprint density at radius 1 is 1.50 bits per heavy atom. The molecule has 1 aliphatic rings. The molecule has 1 atom stereocenters. The van der Waals surface area contributed by atoms with Gasteiger partial charge >= 0.3 is 0 Å². The predicted octanol–water partition coefficient (Wildman–Crippen LogP) is 2.07. The largest absolute Gasteiger partial charge is 0.382 e. The Morgan fingerprint density at radius 3 is 3.14 bits per heavy atom. The number of benzene rings is 1. The topological polar surface area (TPSA) is 38.0 Å². The molecule has 0 amide bonds. The summed E-state index contributed by atoms with van der Waals surface area (Å²) in [6.45, 7) is 2.91. The fourth-order valence-electron chi connectivity index (χ4n) is 2.08. The van der Waals surface area contributed by atoms with Crippen LogP contribution in [0.15, 0.2) is 18.2 Å². The zero-order chi connectivity index (χ0) is 9.97. The van der Waals surface area contributed by atoms with Crippen molar-refractivity contribution in [3.05, 3.63) is 29.3 Å². The zero-order valence-corrected chi connectivity index (χ0v) is 8.72. The van der Waals surface area contributed by atoms with Crippen LogP contribution in [-0.4, -0.2) is 12.6 Å². The Morgan fingerprint density at radius 2 is 2.36 bits per heavy atom. The first-order valence-electron chi connectivity index (χ1n) is 5.36. The summed E-state index contributed by atoms with van der Waals surface area (Å²) in [4.78, 5) is 0. The Balaban J connectivity index is 2.16. The number of aryl methyl sites for hydroxylation is 2. The highest BCUT2D eigenvalue weighted by molar-refractivity contribution is 5.55. The van der Waals surface area contributed by atoms with E-state index in [0.29, 0.717) is 6.04 Å². The third-order valence-electron chi connectivity index (χ3n) is 2.90.